The fraction of sp³-hybridized carbons (Fsp3) is 0.240. The first-order chi connectivity index (χ1) is 16.8. The van der Waals surface area contributed by atoms with Crippen molar-refractivity contribution in [3.8, 4) is 22.0 Å². The largest absolute Gasteiger partial charge is 0.465 e. The summed E-state index contributed by atoms with van der Waals surface area (Å²) >= 11 is 7.72. The number of benzene rings is 1. The molecule has 1 fully saturated rings. The van der Waals surface area contributed by atoms with E-state index in [4.69, 9.17) is 21.4 Å². The van der Waals surface area contributed by atoms with Gasteiger partial charge < -0.3 is 4.74 Å². The van der Waals surface area contributed by atoms with Crippen LogP contribution in [0, 0.1) is 0 Å². The zero-order chi connectivity index (χ0) is 24.6. The lowest BCUT2D eigenvalue weighted by Crippen LogP contribution is -2.13. The molecule has 1 aliphatic rings. The van der Waals surface area contributed by atoms with E-state index in [1.54, 1.807) is 18.3 Å². The molecule has 0 amide bonds. The van der Waals surface area contributed by atoms with Crippen molar-refractivity contribution in [2.24, 2.45) is 0 Å². The van der Waals surface area contributed by atoms with Gasteiger partial charge in [-0.3, -0.25) is 9.67 Å². The van der Waals surface area contributed by atoms with Crippen LogP contribution in [-0.2, 0) is 21.0 Å². The second-order valence-electron chi connectivity index (χ2n) is 8.36. The van der Waals surface area contributed by atoms with Gasteiger partial charge in [0.15, 0.2) is 9.84 Å². The van der Waals surface area contributed by atoms with E-state index in [0.717, 1.165) is 21.7 Å². The second kappa shape index (κ2) is 9.56. The Balaban J connectivity index is 1.71. The average Bonchev–Trinajstić information content (AvgIpc) is 3.55. The number of pyridine rings is 1. The molecular weight excluding hydrogens is 506 g/mol. The quantitative estimate of drug-likeness (QED) is 0.325. The van der Waals surface area contributed by atoms with Gasteiger partial charge in [-0.2, -0.15) is 5.10 Å². The highest BCUT2D eigenvalue weighted by atomic mass is 35.5. The molecule has 0 spiro atoms. The van der Waals surface area contributed by atoms with Gasteiger partial charge in [-0.1, -0.05) is 29.8 Å². The molecular formula is C25H22ClN3O4S2. The number of halogens is 1. The van der Waals surface area contributed by atoms with Crippen LogP contribution in [0.2, 0.25) is 4.34 Å². The molecule has 0 radical (unpaired) electrons. The lowest BCUT2D eigenvalue weighted by atomic mass is 9.98. The lowest BCUT2D eigenvalue weighted by Gasteiger charge is -2.14. The summed E-state index contributed by atoms with van der Waals surface area (Å²) in [4.78, 5) is 17.5. The molecule has 0 bridgehead atoms. The molecule has 35 heavy (non-hydrogen) atoms. The molecule has 1 saturated heterocycles. The van der Waals surface area contributed by atoms with Gasteiger partial charge in [0.05, 0.1) is 50.8 Å². The minimum Gasteiger partial charge on any atom is -0.465 e. The van der Waals surface area contributed by atoms with E-state index in [9.17, 15) is 13.2 Å². The molecule has 0 N–H and O–H groups in total. The Hall–Kier alpha value is -3.01. The van der Waals surface area contributed by atoms with Crippen LogP contribution in [0.1, 0.15) is 33.9 Å². The monoisotopic (exact) mass is 527 g/mol. The number of ether oxygens (including phenoxy) is 1. The van der Waals surface area contributed by atoms with Crippen molar-refractivity contribution in [1.82, 2.24) is 14.8 Å². The van der Waals surface area contributed by atoms with E-state index in [0.29, 0.717) is 34.1 Å². The topological polar surface area (TPSA) is 91.2 Å². The van der Waals surface area contributed by atoms with Gasteiger partial charge in [-0.25, -0.2) is 13.2 Å². The summed E-state index contributed by atoms with van der Waals surface area (Å²) in [6.45, 7) is 0. The van der Waals surface area contributed by atoms with Crippen LogP contribution < -0.4 is 0 Å². The fourth-order valence-electron chi connectivity index (χ4n) is 4.41. The van der Waals surface area contributed by atoms with E-state index in [1.165, 1.54) is 18.4 Å². The predicted octanol–water partition coefficient (Wildman–Crippen LogP) is 5.06. The van der Waals surface area contributed by atoms with Crippen molar-refractivity contribution in [2.75, 3.05) is 18.6 Å². The van der Waals surface area contributed by atoms with Crippen LogP contribution in [0.3, 0.4) is 0 Å². The van der Waals surface area contributed by atoms with Crippen molar-refractivity contribution in [3.63, 3.8) is 0 Å². The fourth-order valence-corrected chi connectivity index (χ4v) is 7.21. The van der Waals surface area contributed by atoms with Gasteiger partial charge in [0, 0.05) is 18.2 Å². The van der Waals surface area contributed by atoms with Gasteiger partial charge in [0.2, 0.25) is 0 Å². The molecule has 4 aromatic rings. The number of carbonyl (C=O) groups is 1. The molecule has 1 unspecified atom stereocenters. The highest BCUT2D eigenvalue weighted by Gasteiger charge is 2.34. The number of hydrogen-bond acceptors (Lipinski definition) is 7. The average molecular weight is 528 g/mol. The molecule has 7 nitrogen and oxygen atoms in total. The number of hydrogen-bond donors (Lipinski definition) is 0. The molecule has 1 aromatic carbocycles. The van der Waals surface area contributed by atoms with Gasteiger partial charge in [-0.15, -0.1) is 11.3 Å². The Bertz CT molecular complexity index is 1500. The normalized spacial score (nSPS) is 16.9. The second-order valence-corrected chi connectivity index (χ2v) is 12.3. The maximum Gasteiger partial charge on any atom is 0.337 e. The zero-order valence-electron chi connectivity index (χ0n) is 18.8. The van der Waals surface area contributed by atoms with E-state index >= 15 is 0 Å². The highest BCUT2D eigenvalue weighted by Crippen LogP contribution is 2.41. The van der Waals surface area contributed by atoms with E-state index in [2.05, 4.69) is 4.98 Å². The van der Waals surface area contributed by atoms with Crippen molar-refractivity contribution >= 4 is 38.7 Å². The SMILES string of the molecule is COC(=O)c1cccc(Cc2c(-c3ccccn3)nn(C3CCS(=O)(=O)C3)c2-c2ccc(Cl)s2)c1. The minimum atomic E-state index is -3.13. The van der Waals surface area contributed by atoms with Gasteiger partial charge in [0.1, 0.15) is 5.69 Å². The molecule has 1 aliphatic heterocycles. The van der Waals surface area contributed by atoms with Crippen molar-refractivity contribution in [2.45, 2.75) is 18.9 Å². The highest BCUT2D eigenvalue weighted by molar-refractivity contribution is 7.91. The van der Waals surface area contributed by atoms with Crippen LogP contribution in [0.15, 0.2) is 60.8 Å². The Morgan fingerprint density at radius 1 is 1.20 bits per heavy atom. The standard InChI is InChI=1S/C25H22ClN3O4S2/c1-33-25(30)17-6-4-5-16(13-17)14-19-23(20-7-2-3-11-27-20)28-29(18-10-12-35(31,32)15-18)24(19)21-8-9-22(26)34-21/h2-9,11,13,18H,10,12,14-15H2,1H3. The van der Waals surface area contributed by atoms with Crippen LogP contribution >= 0.6 is 22.9 Å². The first-order valence-electron chi connectivity index (χ1n) is 11.0. The molecule has 4 heterocycles. The van der Waals surface area contributed by atoms with Crippen LogP contribution in [0.25, 0.3) is 22.0 Å². The molecule has 10 heteroatoms. The Morgan fingerprint density at radius 2 is 2.06 bits per heavy atom. The van der Waals surface area contributed by atoms with E-state index in [-0.39, 0.29) is 17.5 Å². The van der Waals surface area contributed by atoms with Gasteiger partial charge >= 0.3 is 5.97 Å². The first kappa shape index (κ1) is 23.7. The number of sulfone groups is 1. The zero-order valence-corrected chi connectivity index (χ0v) is 21.2. The van der Waals surface area contributed by atoms with Gasteiger partial charge in [-0.05, 0) is 48.4 Å². The maximum absolute atomic E-state index is 12.3. The third-order valence-corrected chi connectivity index (χ3v) is 8.99. The first-order valence-corrected chi connectivity index (χ1v) is 14.0. The van der Waals surface area contributed by atoms with Crippen LogP contribution in [-0.4, -0.2) is 47.8 Å². The summed E-state index contributed by atoms with van der Waals surface area (Å²) in [7, 11) is -1.78. The third-order valence-electron chi connectivity index (χ3n) is 6.01. The molecule has 3 aromatic heterocycles. The summed E-state index contributed by atoms with van der Waals surface area (Å²) in [5, 5.41) is 4.95. The lowest BCUT2D eigenvalue weighted by molar-refractivity contribution is 0.0600. The molecule has 0 saturated carbocycles. The number of rotatable bonds is 6. The number of thiophene rings is 1. The summed E-state index contributed by atoms with van der Waals surface area (Å²) in [5.74, 6) is -0.231. The summed E-state index contributed by atoms with van der Waals surface area (Å²) in [6.07, 6.45) is 2.66. The smallest absolute Gasteiger partial charge is 0.337 e. The van der Waals surface area contributed by atoms with Crippen molar-refractivity contribution < 1.29 is 17.9 Å². The predicted molar refractivity (Wildman–Crippen MR) is 137 cm³/mol. The van der Waals surface area contributed by atoms with Crippen LogP contribution in [0.5, 0.6) is 0 Å². The van der Waals surface area contributed by atoms with E-state index in [1.807, 2.05) is 47.1 Å². The summed E-state index contributed by atoms with van der Waals surface area (Å²) in [6, 6.07) is 16.4. The Labute approximate surface area is 212 Å². The summed E-state index contributed by atoms with van der Waals surface area (Å²) in [5.41, 5.74) is 4.45. The Kier molecular flexibility index (Phi) is 6.48. The van der Waals surface area contributed by atoms with Crippen LogP contribution in [0.4, 0.5) is 0 Å². The molecule has 180 valence electrons. The summed E-state index contributed by atoms with van der Waals surface area (Å²) < 4.78 is 32.0. The molecule has 0 aliphatic carbocycles. The number of carbonyl (C=O) groups excluding carboxylic acids is 1. The molecule has 5 rings (SSSR count). The minimum absolute atomic E-state index is 0.0414. The van der Waals surface area contributed by atoms with Gasteiger partial charge in [0.25, 0.3) is 0 Å². The maximum atomic E-state index is 12.3. The third kappa shape index (κ3) is 4.89. The van der Waals surface area contributed by atoms with E-state index < -0.39 is 15.8 Å². The molecule has 1 atom stereocenters. The number of nitrogens with zero attached hydrogens (tertiary/aromatic N) is 3. The Morgan fingerprint density at radius 3 is 2.71 bits per heavy atom. The number of esters is 1. The van der Waals surface area contributed by atoms with Crippen molar-refractivity contribution in [3.05, 3.63) is 81.8 Å². The van der Waals surface area contributed by atoms with Crippen molar-refractivity contribution in [1.29, 1.82) is 0 Å². The number of methoxy groups -OCH3 is 1. The number of aromatic nitrogens is 3.